The molecule has 1 aromatic heterocycles. The second kappa shape index (κ2) is 10.7. The Morgan fingerprint density at radius 1 is 1.23 bits per heavy atom. The van der Waals surface area contributed by atoms with Gasteiger partial charge in [-0.2, -0.15) is 0 Å². The average Bonchev–Trinajstić information content (AvgIpc) is 3.07. The van der Waals surface area contributed by atoms with Crippen molar-refractivity contribution in [3.63, 3.8) is 0 Å². The Morgan fingerprint density at radius 3 is 2.58 bits per heavy atom. The number of thiazole rings is 1. The predicted octanol–water partition coefficient (Wildman–Crippen LogP) is 4.32. The molecule has 0 aliphatic carbocycles. The van der Waals surface area contributed by atoms with E-state index in [9.17, 15) is 0 Å². The number of aliphatic imine (C=N–C) groups is 1. The quantitative estimate of drug-likeness (QED) is 0.361. The summed E-state index contributed by atoms with van der Waals surface area (Å²) in [6, 6.07) is 7.94. The van der Waals surface area contributed by atoms with E-state index in [2.05, 4.69) is 48.7 Å². The van der Waals surface area contributed by atoms with Gasteiger partial charge < -0.3 is 15.4 Å². The monoisotopic (exact) mass is 488 g/mol. The molecule has 0 aliphatic rings. The van der Waals surface area contributed by atoms with E-state index in [1.165, 1.54) is 0 Å². The van der Waals surface area contributed by atoms with Crippen LogP contribution in [0.25, 0.3) is 0 Å². The number of nitrogens with one attached hydrogen (secondary N) is 2. The van der Waals surface area contributed by atoms with Crippen LogP contribution in [0.2, 0.25) is 0 Å². The van der Waals surface area contributed by atoms with Crippen molar-refractivity contribution in [3.8, 4) is 5.75 Å². The second-order valence-electron chi connectivity index (χ2n) is 6.75. The maximum atomic E-state index is 5.38. The summed E-state index contributed by atoms with van der Waals surface area (Å²) in [6.45, 7) is 10.6. The molecule has 2 rings (SSSR count). The molecule has 0 radical (unpaired) electrons. The number of hydrogen-bond donors (Lipinski definition) is 2. The Bertz CT molecular complexity index is 710. The van der Waals surface area contributed by atoms with E-state index in [0.29, 0.717) is 13.1 Å². The first-order valence-electron chi connectivity index (χ1n) is 8.53. The van der Waals surface area contributed by atoms with E-state index in [1.807, 2.05) is 24.3 Å². The number of guanidine groups is 1. The highest BCUT2D eigenvalue weighted by Crippen LogP contribution is 2.25. The Balaban J connectivity index is 0.00000338. The normalized spacial score (nSPS) is 11.7. The minimum Gasteiger partial charge on any atom is -0.496 e. The van der Waals surface area contributed by atoms with Crippen LogP contribution in [0.5, 0.6) is 5.75 Å². The Morgan fingerprint density at radius 2 is 1.96 bits per heavy atom. The zero-order valence-corrected chi connectivity index (χ0v) is 19.3. The van der Waals surface area contributed by atoms with Gasteiger partial charge in [-0.05, 0) is 13.0 Å². The lowest BCUT2D eigenvalue weighted by molar-refractivity contribution is 0.410. The van der Waals surface area contributed by atoms with Gasteiger partial charge in [-0.3, -0.25) is 0 Å². The van der Waals surface area contributed by atoms with Crippen molar-refractivity contribution in [1.29, 1.82) is 0 Å². The Hall–Kier alpha value is -1.35. The van der Waals surface area contributed by atoms with Crippen LogP contribution in [0.3, 0.4) is 0 Å². The standard InChI is InChI=1S/C19H28N4OS.HI/c1-6-20-18(21-11-14-9-7-8-10-16(14)24-5)22-12-15-13-25-17(23-15)19(2,3)4;/h7-10,13H,6,11-12H2,1-5H3,(H2,20,21,22);1H. The molecule has 5 nitrogen and oxygen atoms in total. The molecule has 0 saturated carbocycles. The van der Waals surface area contributed by atoms with Gasteiger partial charge in [0, 0.05) is 22.9 Å². The fourth-order valence-corrected chi connectivity index (χ4v) is 3.15. The highest BCUT2D eigenvalue weighted by molar-refractivity contribution is 14.0. The number of ether oxygens (including phenoxy) is 1. The van der Waals surface area contributed by atoms with Crippen LogP contribution in [0, 0.1) is 0 Å². The number of nitrogens with zero attached hydrogens (tertiary/aromatic N) is 2. The molecule has 7 heteroatoms. The molecular formula is C19H29IN4OS. The fraction of sp³-hybridized carbons (Fsp3) is 0.474. The van der Waals surface area contributed by atoms with Crippen LogP contribution in [-0.2, 0) is 18.5 Å². The fourth-order valence-electron chi connectivity index (χ4n) is 2.25. The number of hydrogen-bond acceptors (Lipinski definition) is 4. The van der Waals surface area contributed by atoms with E-state index in [1.54, 1.807) is 18.4 Å². The molecule has 2 aromatic rings. The Labute approximate surface area is 177 Å². The lowest BCUT2D eigenvalue weighted by Gasteiger charge is -2.14. The summed E-state index contributed by atoms with van der Waals surface area (Å²) >= 11 is 1.71. The van der Waals surface area contributed by atoms with Gasteiger partial charge in [0.05, 0.1) is 30.9 Å². The first-order valence-corrected chi connectivity index (χ1v) is 9.41. The summed E-state index contributed by atoms with van der Waals surface area (Å²) in [5.74, 6) is 1.63. The van der Waals surface area contributed by atoms with E-state index in [0.717, 1.165) is 34.5 Å². The van der Waals surface area contributed by atoms with Gasteiger partial charge in [-0.25, -0.2) is 9.98 Å². The van der Waals surface area contributed by atoms with Gasteiger partial charge in [0.2, 0.25) is 0 Å². The number of aromatic nitrogens is 1. The Kier molecular flexibility index (Phi) is 9.35. The number of methoxy groups -OCH3 is 1. The predicted molar refractivity (Wildman–Crippen MR) is 121 cm³/mol. The number of para-hydroxylation sites is 1. The molecule has 1 aromatic carbocycles. The van der Waals surface area contributed by atoms with Crippen molar-refractivity contribution in [2.24, 2.45) is 4.99 Å². The molecule has 144 valence electrons. The third kappa shape index (κ3) is 6.75. The van der Waals surface area contributed by atoms with Crippen molar-refractivity contribution in [1.82, 2.24) is 15.6 Å². The zero-order chi connectivity index (χ0) is 18.3. The van der Waals surface area contributed by atoms with Gasteiger partial charge in [-0.15, -0.1) is 35.3 Å². The summed E-state index contributed by atoms with van der Waals surface area (Å²) in [5, 5.41) is 9.88. The molecule has 0 amide bonds. The van der Waals surface area contributed by atoms with Gasteiger partial charge in [-0.1, -0.05) is 39.0 Å². The summed E-state index contributed by atoms with van der Waals surface area (Å²) in [4.78, 5) is 9.37. The van der Waals surface area contributed by atoms with Crippen molar-refractivity contribution in [2.75, 3.05) is 13.7 Å². The molecular weight excluding hydrogens is 459 g/mol. The lowest BCUT2D eigenvalue weighted by atomic mass is 9.98. The second-order valence-corrected chi connectivity index (χ2v) is 7.61. The maximum absolute atomic E-state index is 5.38. The third-order valence-corrected chi connectivity index (χ3v) is 4.89. The van der Waals surface area contributed by atoms with Crippen molar-refractivity contribution >= 4 is 41.3 Å². The highest BCUT2D eigenvalue weighted by atomic mass is 127. The third-order valence-electron chi connectivity index (χ3n) is 3.57. The van der Waals surface area contributed by atoms with Gasteiger partial charge in [0.25, 0.3) is 0 Å². The molecule has 1 heterocycles. The molecule has 0 fully saturated rings. The molecule has 0 saturated heterocycles. The van der Waals surface area contributed by atoms with Crippen LogP contribution < -0.4 is 15.4 Å². The summed E-state index contributed by atoms with van der Waals surface area (Å²) in [5.41, 5.74) is 2.19. The molecule has 0 atom stereocenters. The van der Waals surface area contributed by atoms with E-state index < -0.39 is 0 Å². The van der Waals surface area contributed by atoms with E-state index >= 15 is 0 Å². The van der Waals surface area contributed by atoms with Crippen LogP contribution in [0.4, 0.5) is 0 Å². The minimum atomic E-state index is 0. The van der Waals surface area contributed by atoms with Crippen LogP contribution >= 0.6 is 35.3 Å². The van der Waals surface area contributed by atoms with E-state index in [-0.39, 0.29) is 29.4 Å². The van der Waals surface area contributed by atoms with Crippen molar-refractivity contribution in [2.45, 2.75) is 46.2 Å². The maximum Gasteiger partial charge on any atom is 0.191 e. The summed E-state index contributed by atoms with van der Waals surface area (Å²) in [7, 11) is 1.68. The van der Waals surface area contributed by atoms with Crippen molar-refractivity contribution < 1.29 is 4.74 Å². The molecule has 0 spiro atoms. The average molecular weight is 488 g/mol. The SMILES string of the molecule is CCNC(=NCc1ccccc1OC)NCc1csc(C(C)(C)C)n1.I. The number of rotatable bonds is 6. The highest BCUT2D eigenvalue weighted by Gasteiger charge is 2.17. The smallest absolute Gasteiger partial charge is 0.191 e. The van der Waals surface area contributed by atoms with Gasteiger partial charge in [0.15, 0.2) is 5.96 Å². The topological polar surface area (TPSA) is 58.5 Å². The summed E-state index contributed by atoms with van der Waals surface area (Å²) < 4.78 is 5.38. The van der Waals surface area contributed by atoms with Gasteiger partial charge in [0.1, 0.15) is 5.75 Å². The van der Waals surface area contributed by atoms with E-state index in [4.69, 9.17) is 9.72 Å². The molecule has 0 bridgehead atoms. The first-order chi connectivity index (χ1) is 11.9. The molecule has 0 aliphatic heterocycles. The number of halogens is 1. The molecule has 0 unspecified atom stereocenters. The van der Waals surface area contributed by atoms with Gasteiger partial charge >= 0.3 is 0 Å². The molecule has 2 N–H and O–H groups in total. The van der Waals surface area contributed by atoms with Crippen LogP contribution in [-0.4, -0.2) is 24.6 Å². The first kappa shape index (κ1) is 22.7. The largest absolute Gasteiger partial charge is 0.496 e. The molecule has 26 heavy (non-hydrogen) atoms. The van der Waals surface area contributed by atoms with Crippen molar-refractivity contribution in [3.05, 3.63) is 45.9 Å². The lowest BCUT2D eigenvalue weighted by Crippen LogP contribution is -2.36. The summed E-state index contributed by atoms with van der Waals surface area (Å²) in [6.07, 6.45) is 0. The van der Waals surface area contributed by atoms with Crippen LogP contribution in [0.1, 0.15) is 44.0 Å². The van der Waals surface area contributed by atoms with Crippen LogP contribution in [0.15, 0.2) is 34.6 Å². The number of benzene rings is 1. The minimum absolute atomic E-state index is 0. The zero-order valence-electron chi connectivity index (χ0n) is 16.1.